The minimum Gasteiger partial charge on any atom is -0.453 e. The molecular formula is C30H22Cl2FN5O3. The van der Waals surface area contributed by atoms with Gasteiger partial charge in [0.05, 0.1) is 10.6 Å². The minimum atomic E-state index is -0.714. The number of carbonyl (C=O) groups excluding carboxylic acids is 2. The number of aromatic amines is 1. The van der Waals surface area contributed by atoms with Crippen LogP contribution in [0.1, 0.15) is 32.0 Å². The van der Waals surface area contributed by atoms with E-state index in [9.17, 15) is 9.59 Å². The number of ether oxygens (including phenoxy) is 1. The molecule has 0 spiro atoms. The number of hydrogen-bond acceptors (Lipinski definition) is 5. The Morgan fingerprint density at radius 1 is 1.07 bits per heavy atom. The molecule has 0 aliphatic heterocycles. The summed E-state index contributed by atoms with van der Waals surface area (Å²) in [5, 5.41) is 6.67. The van der Waals surface area contributed by atoms with E-state index >= 15 is 4.39 Å². The first-order valence-corrected chi connectivity index (χ1v) is 13.1. The van der Waals surface area contributed by atoms with Crippen LogP contribution in [-0.4, -0.2) is 35.0 Å². The van der Waals surface area contributed by atoms with E-state index in [0.717, 1.165) is 0 Å². The van der Waals surface area contributed by atoms with Crippen molar-refractivity contribution in [3.8, 4) is 11.5 Å². The lowest BCUT2D eigenvalue weighted by molar-refractivity contribution is 0.0945. The van der Waals surface area contributed by atoms with E-state index in [0.29, 0.717) is 32.7 Å². The Bertz CT molecular complexity index is 1790. The molecule has 0 bridgehead atoms. The number of H-pyrrole nitrogens is 1. The van der Waals surface area contributed by atoms with Crippen LogP contribution in [0.15, 0.2) is 84.1 Å². The lowest BCUT2D eigenvalue weighted by Crippen LogP contribution is -2.23. The highest BCUT2D eigenvalue weighted by molar-refractivity contribution is 6.32. The molecule has 3 N–H and O–H groups in total. The Morgan fingerprint density at radius 3 is 2.71 bits per heavy atom. The van der Waals surface area contributed by atoms with Gasteiger partial charge < -0.3 is 20.4 Å². The van der Waals surface area contributed by atoms with Gasteiger partial charge in [0, 0.05) is 59.4 Å². The summed E-state index contributed by atoms with van der Waals surface area (Å²) in [5.41, 5.74) is 2.79. The molecule has 0 atom stereocenters. The number of fused-ring (bicyclic) bond motifs is 1. The number of nitrogens with one attached hydrogen (secondary N) is 3. The van der Waals surface area contributed by atoms with Crippen molar-refractivity contribution in [2.24, 2.45) is 4.99 Å². The van der Waals surface area contributed by atoms with Gasteiger partial charge in [0.25, 0.3) is 11.8 Å². The third-order valence-electron chi connectivity index (χ3n) is 6.01. The zero-order chi connectivity index (χ0) is 28.9. The van der Waals surface area contributed by atoms with Crippen molar-refractivity contribution in [3.05, 3.63) is 117 Å². The topological polar surface area (TPSA) is 108 Å². The third-order valence-corrected chi connectivity index (χ3v) is 6.52. The summed E-state index contributed by atoms with van der Waals surface area (Å²) in [4.78, 5) is 36.3. The highest BCUT2D eigenvalue weighted by Crippen LogP contribution is 2.35. The van der Waals surface area contributed by atoms with E-state index in [1.54, 1.807) is 68.0 Å². The molecule has 2 amide bonds. The highest BCUT2D eigenvalue weighted by Gasteiger charge is 2.17. The molecule has 41 heavy (non-hydrogen) atoms. The average molecular weight is 590 g/mol. The number of hydrogen-bond donors (Lipinski definition) is 3. The van der Waals surface area contributed by atoms with Gasteiger partial charge in [0.1, 0.15) is 11.4 Å². The average Bonchev–Trinajstić information content (AvgIpc) is 3.39. The van der Waals surface area contributed by atoms with Gasteiger partial charge in [-0.2, -0.15) is 0 Å². The fourth-order valence-corrected chi connectivity index (χ4v) is 4.51. The third kappa shape index (κ3) is 6.54. The number of nitrogens with zero attached hydrogens (tertiary/aromatic N) is 2. The number of carbonyl (C=O) groups is 2. The number of benzene rings is 3. The van der Waals surface area contributed by atoms with E-state index in [1.807, 2.05) is 0 Å². The van der Waals surface area contributed by atoms with Gasteiger partial charge in [-0.15, -0.1) is 0 Å². The Balaban J connectivity index is 1.28. The molecule has 206 valence electrons. The van der Waals surface area contributed by atoms with Crippen molar-refractivity contribution in [2.75, 3.05) is 12.4 Å². The Hall–Kier alpha value is -4.73. The summed E-state index contributed by atoms with van der Waals surface area (Å²) in [6, 6.07) is 18.0. The smallest absolute Gasteiger partial charge is 0.267 e. The van der Waals surface area contributed by atoms with Gasteiger partial charge in [-0.1, -0.05) is 29.3 Å². The summed E-state index contributed by atoms with van der Waals surface area (Å²) in [7, 11) is 1.62. The van der Waals surface area contributed by atoms with Gasteiger partial charge >= 0.3 is 0 Å². The molecule has 0 saturated carbocycles. The largest absolute Gasteiger partial charge is 0.453 e. The van der Waals surface area contributed by atoms with Crippen LogP contribution in [0.3, 0.4) is 0 Å². The number of amides is 2. The van der Waals surface area contributed by atoms with E-state index in [-0.39, 0.29) is 40.2 Å². The molecule has 8 nitrogen and oxygen atoms in total. The van der Waals surface area contributed by atoms with E-state index < -0.39 is 11.7 Å². The SMILES string of the molecule is CN=Cc1cc(Cl)cc(Oc2c(Cl)ccc(CNC(=O)c3cc4cc(NC(=O)c5cccnc5)ccc4[nH]3)c2F)c1. The minimum absolute atomic E-state index is 0.0605. The van der Waals surface area contributed by atoms with Gasteiger partial charge in [-0.25, -0.2) is 4.39 Å². The lowest BCUT2D eigenvalue weighted by Gasteiger charge is -2.13. The predicted molar refractivity (Wildman–Crippen MR) is 158 cm³/mol. The molecule has 0 aliphatic carbocycles. The maximum absolute atomic E-state index is 15.4. The second-order valence-electron chi connectivity index (χ2n) is 8.92. The predicted octanol–water partition coefficient (Wildman–Crippen LogP) is 7.03. The Kier molecular flexibility index (Phi) is 8.28. The molecule has 5 aromatic rings. The van der Waals surface area contributed by atoms with Crippen molar-refractivity contribution in [2.45, 2.75) is 6.54 Å². The first-order chi connectivity index (χ1) is 19.8. The van der Waals surface area contributed by atoms with Crippen LogP contribution in [0.2, 0.25) is 10.0 Å². The van der Waals surface area contributed by atoms with Crippen LogP contribution < -0.4 is 15.4 Å². The molecule has 3 aromatic carbocycles. The van der Waals surface area contributed by atoms with Crippen molar-refractivity contribution >= 4 is 57.8 Å². The van der Waals surface area contributed by atoms with E-state index in [1.165, 1.54) is 24.4 Å². The van der Waals surface area contributed by atoms with E-state index in [2.05, 4.69) is 25.6 Å². The second kappa shape index (κ2) is 12.2. The molecule has 0 unspecified atom stereocenters. The van der Waals surface area contributed by atoms with E-state index in [4.69, 9.17) is 27.9 Å². The number of anilines is 1. The van der Waals surface area contributed by atoms with Crippen molar-refractivity contribution < 1.29 is 18.7 Å². The number of aromatic nitrogens is 2. The molecule has 0 aliphatic rings. The molecule has 2 aromatic heterocycles. The highest BCUT2D eigenvalue weighted by atomic mass is 35.5. The molecular weight excluding hydrogens is 568 g/mol. The summed E-state index contributed by atoms with van der Waals surface area (Å²) in [6.07, 6.45) is 4.65. The van der Waals surface area contributed by atoms with Crippen LogP contribution in [0.25, 0.3) is 10.9 Å². The molecule has 0 saturated heterocycles. The number of pyridine rings is 1. The molecule has 0 radical (unpaired) electrons. The summed E-state index contributed by atoms with van der Waals surface area (Å²) in [6.45, 7) is -0.122. The molecule has 2 heterocycles. The van der Waals surface area contributed by atoms with Crippen LogP contribution in [0.5, 0.6) is 11.5 Å². The maximum atomic E-state index is 15.4. The lowest BCUT2D eigenvalue weighted by atomic mass is 10.2. The van der Waals surface area contributed by atoms with Gasteiger partial charge in [0.15, 0.2) is 11.6 Å². The summed E-state index contributed by atoms with van der Waals surface area (Å²) >= 11 is 12.4. The van der Waals surface area contributed by atoms with Crippen LogP contribution >= 0.6 is 23.2 Å². The Morgan fingerprint density at radius 2 is 1.93 bits per heavy atom. The van der Waals surface area contributed by atoms with Gasteiger partial charge in [-0.05, 0) is 66.2 Å². The van der Waals surface area contributed by atoms with Gasteiger partial charge in [0.2, 0.25) is 0 Å². The zero-order valence-electron chi connectivity index (χ0n) is 21.5. The molecule has 5 rings (SSSR count). The first-order valence-electron chi connectivity index (χ1n) is 12.3. The zero-order valence-corrected chi connectivity index (χ0v) is 23.1. The van der Waals surface area contributed by atoms with Crippen molar-refractivity contribution in [3.63, 3.8) is 0 Å². The monoisotopic (exact) mass is 589 g/mol. The number of halogens is 3. The number of aliphatic imine (C=N–C) groups is 1. The van der Waals surface area contributed by atoms with Gasteiger partial charge in [-0.3, -0.25) is 19.6 Å². The number of rotatable bonds is 8. The standard InChI is InChI=1S/C30H22Cl2FN5O3/c1-34-14-17-9-21(31)13-23(10-17)41-28-24(32)6-4-18(27(28)33)16-36-30(40)26-12-20-11-22(5-7-25(20)38-26)37-29(39)19-3-2-8-35-15-19/h2-15,38H,16H2,1H3,(H,36,40)(H,37,39). The van der Waals surface area contributed by atoms with Crippen molar-refractivity contribution in [1.29, 1.82) is 0 Å². The van der Waals surface area contributed by atoms with Crippen LogP contribution in [0.4, 0.5) is 10.1 Å². The maximum Gasteiger partial charge on any atom is 0.267 e. The normalized spacial score (nSPS) is 11.1. The quantitative estimate of drug-likeness (QED) is 0.169. The fraction of sp³-hybridized carbons (Fsp3) is 0.0667. The molecule has 0 fully saturated rings. The van der Waals surface area contributed by atoms with Crippen LogP contribution in [-0.2, 0) is 6.54 Å². The van der Waals surface area contributed by atoms with Crippen molar-refractivity contribution in [1.82, 2.24) is 15.3 Å². The Labute approximate surface area is 244 Å². The first kappa shape index (κ1) is 27.8. The molecule has 11 heteroatoms. The second-order valence-corrected chi connectivity index (χ2v) is 9.77. The summed E-state index contributed by atoms with van der Waals surface area (Å²) < 4.78 is 21.1. The fourth-order valence-electron chi connectivity index (χ4n) is 4.09. The van der Waals surface area contributed by atoms with Crippen LogP contribution in [0, 0.1) is 5.82 Å². The summed E-state index contributed by atoms with van der Waals surface area (Å²) in [5.74, 6) is -1.37.